The second-order valence-electron chi connectivity index (χ2n) is 7.88. The summed E-state index contributed by atoms with van der Waals surface area (Å²) in [4.78, 5) is 19.8. The molecular weight excluding hydrogens is 420 g/mol. The highest BCUT2D eigenvalue weighted by atomic mass is 35.5. The van der Waals surface area contributed by atoms with Gasteiger partial charge in [0.25, 0.3) is 5.91 Å². The van der Waals surface area contributed by atoms with Crippen LogP contribution < -0.4 is 0 Å². The third-order valence-electron chi connectivity index (χ3n) is 5.52. The number of aryl methyl sites for hydroxylation is 2. The number of pyridine rings is 1. The third kappa shape index (κ3) is 4.43. The lowest BCUT2D eigenvalue weighted by Gasteiger charge is -2.28. The highest BCUT2D eigenvalue weighted by Gasteiger charge is 2.30. The zero-order valence-electron chi connectivity index (χ0n) is 18.4. The first-order chi connectivity index (χ1) is 15.5. The second kappa shape index (κ2) is 9.37. The van der Waals surface area contributed by atoms with Gasteiger partial charge < -0.3 is 4.90 Å². The molecule has 2 aromatic carbocycles. The molecule has 0 aliphatic carbocycles. The summed E-state index contributed by atoms with van der Waals surface area (Å²) in [5, 5.41) is 4.90. The Bertz CT molecular complexity index is 1160. The molecule has 1 unspecified atom stereocenters. The molecule has 2 aromatic heterocycles. The largest absolute Gasteiger partial charge is 0.329 e. The fraction of sp³-hybridized carbons (Fsp3) is 0.192. The van der Waals surface area contributed by atoms with Crippen molar-refractivity contribution in [1.29, 1.82) is 0 Å². The van der Waals surface area contributed by atoms with Gasteiger partial charge in [0.1, 0.15) is 5.15 Å². The van der Waals surface area contributed by atoms with E-state index >= 15 is 0 Å². The highest BCUT2D eigenvalue weighted by molar-refractivity contribution is 6.33. The van der Waals surface area contributed by atoms with Gasteiger partial charge in [-0.05, 0) is 37.1 Å². The summed E-state index contributed by atoms with van der Waals surface area (Å²) in [6, 6.07) is 23.4. The third-order valence-corrected chi connectivity index (χ3v) is 5.91. The van der Waals surface area contributed by atoms with Crippen molar-refractivity contribution in [2.75, 3.05) is 7.05 Å². The van der Waals surface area contributed by atoms with Crippen LogP contribution in [0.4, 0.5) is 0 Å². The summed E-state index contributed by atoms with van der Waals surface area (Å²) >= 11 is 6.68. The zero-order chi connectivity index (χ0) is 22.7. The number of rotatable bonds is 6. The lowest BCUT2D eigenvalue weighted by molar-refractivity contribution is 0.0752. The molecule has 4 rings (SSSR count). The molecule has 0 spiro atoms. The minimum absolute atomic E-state index is 0.192. The van der Waals surface area contributed by atoms with Crippen LogP contribution in [0, 0.1) is 13.8 Å². The van der Waals surface area contributed by atoms with Gasteiger partial charge in [-0.2, -0.15) is 5.10 Å². The Hall–Kier alpha value is -3.44. The molecule has 32 heavy (non-hydrogen) atoms. The van der Waals surface area contributed by atoms with Gasteiger partial charge >= 0.3 is 0 Å². The molecule has 0 saturated carbocycles. The summed E-state index contributed by atoms with van der Waals surface area (Å²) in [6.07, 6.45) is 1.74. The Kier molecular flexibility index (Phi) is 6.37. The number of amides is 1. The van der Waals surface area contributed by atoms with Gasteiger partial charge in [-0.15, -0.1) is 0 Å². The van der Waals surface area contributed by atoms with Gasteiger partial charge in [-0.25, -0.2) is 4.68 Å². The number of carbonyl (C=O) groups is 1. The maximum atomic E-state index is 13.6. The van der Waals surface area contributed by atoms with Gasteiger partial charge in [0.2, 0.25) is 0 Å². The van der Waals surface area contributed by atoms with Crippen LogP contribution in [0.2, 0.25) is 5.15 Å². The van der Waals surface area contributed by atoms with Crippen molar-refractivity contribution in [3.05, 3.63) is 118 Å². The minimum Gasteiger partial charge on any atom is -0.329 e. The standard InChI is InChI=1S/C26H25ClN4O/c1-18-12-14-20(15-13-18)17-31-25(27)23(19(2)29-31)26(32)30(3)24(21-9-5-4-6-10-21)22-11-7-8-16-28-22/h4-16,24H,17H2,1-3H3. The van der Waals surface area contributed by atoms with E-state index in [0.717, 1.165) is 16.8 Å². The molecule has 0 bridgehead atoms. The maximum Gasteiger partial charge on any atom is 0.259 e. The molecule has 1 amide bonds. The van der Waals surface area contributed by atoms with E-state index in [2.05, 4.69) is 22.2 Å². The van der Waals surface area contributed by atoms with E-state index < -0.39 is 0 Å². The molecule has 5 nitrogen and oxygen atoms in total. The van der Waals surface area contributed by atoms with Crippen molar-refractivity contribution in [2.45, 2.75) is 26.4 Å². The van der Waals surface area contributed by atoms with Crippen LogP contribution >= 0.6 is 11.6 Å². The second-order valence-corrected chi connectivity index (χ2v) is 8.24. The summed E-state index contributed by atoms with van der Waals surface area (Å²) in [6.45, 7) is 4.36. The van der Waals surface area contributed by atoms with Gasteiger partial charge in [0.05, 0.1) is 29.5 Å². The van der Waals surface area contributed by atoms with Crippen molar-refractivity contribution in [3.8, 4) is 0 Å². The van der Waals surface area contributed by atoms with Gasteiger partial charge in [0, 0.05) is 13.2 Å². The van der Waals surface area contributed by atoms with Crippen molar-refractivity contribution in [3.63, 3.8) is 0 Å². The lowest BCUT2D eigenvalue weighted by atomic mass is 10.0. The average molecular weight is 445 g/mol. The molecule has 0 aliphatic heterocycles. The van der Waals surface area contributed by atoms with Crippen LogP contribution in [-0.2, 0) is 6.54 Å². The highest BCUT2D eigenvalue weighted by Crippen LogP contribution is 2.30. The summed E-state index contributed by atoms with van der Waals surface area (Å²) in [5.74, 6) is -0.192. The maximum absolute atomic E-state index is 13.6. The molecule has 4 aromatic rings. The molecule has 0 aliphatic rings. The van der Waals surface area contributed by atoms with Crippen molar-refractivity contribution < 1.29 is 4.79 Å². The molecule has 2 heterocycles. The van der Waals surface area contributed by atoms with E-state index in [1.54, 1.807) is 22.8 Å². The molecule has 6 heteroatoms. The van der Waals surface area contributed by atoms with E-state index in [1.807, 2.05) is 74.5 Å². The van der Waals surface area contributed by atoms with Gasteiger partial charge in [-0.1, -0.05) is 77.8 Å². The molecule has 1 atom stereocenters. The van der Waals surface area contributed by atoms with Gasteiger partial charge in [0.15, 0.2) is 0 Å². The quantitative estimate of drug-likeness (QED) is 0.397. The topological polar surface area (TPSA) is 51.0 Å². The SMILES string of the molecule is Cc1ccc(Cn2nc(C)c(C(=O)N(C)C(c3ccccc3)c3ccccn3)c2Cl)cc1. The van der Waals surface area contributed by atoms with E-state index in [9.17, 15) is 4.79 Å². The number of hydrogen-bond donors (Lipinski definition) is 0. The molecular formula is C26H25ClN4O. The smallest absolute Gasteiger partial charge is 0.259 e. The number of nitrogens with zero attached hydrogens (tertiary/aromatic N) is 4. The van der Waals surface area contributed by atoms with Crippen LogP contribution in [0.25, 0.3) is 0 Å². The number of aromatic nitrogens is 3. The molecule has 0 N–H and O–H groups in total. The fourth-order valence-corrected chi connectivity index (χ4v) is 4.14. The number of halogens is 1. The van der Waals surface area contributed by atoms with E-state index in [4.69, 9.17) is 11.6 Å². The van der Waals surface area contributed by atoms with Gasteiger partial charge in [-0.3, -0.25) is 9.78 Å². The van der Waals surface area contributed by atoms with Crippen molar-refractivity contribution in [2.24, 2.45) is 0 Å². The number of carbonyl (C=O) groups excluding carboxylic acids is 1. The first-order valence-electron chi connectivity index (χ1n) is 10.5. The number of benzene rings is 2. The van der Waals surface area contributed by atoms with Crippen LogP contribution in [0.15, 0.2) is 79.0 Å². The van der Waals surface area contributed by atoms with Crippen LogP contribution in [0.1, 0.15) is 44.5 Å². The summed E-state index contributed by atoms with van der Waals surface area (Å²) in [7, 11) is 1.78. The molecule has 0 saturated heterocycles. The zero-order valence-corrected chi connectivity index (χ0v) is 19.1. The first kappa shape index (κ1) is 21.8. The Balaban J connectivity index is 1.68. The fourth-order valence-electron chi connectivity index (χ4n) is 3.83. The van der Waals surface area contributed by atoms with E-state index in [0.29, 0.717) is 23.0 Å². The van der Waals surface area contributed by atoms with Crippen molar-refractivity contribution in [1.82, 2.24) is 19.7 Å². The normalized spacial score (nSPS) is 11.9. The first-order valence-corrected chi connectivity index (χ1v) is 10.8. The Morgan fingerprint density at radius 3 is 2.34 bits per heavy atom. The average Bonchev–Trinajstić information content (AvgIpc) is 3.09. The molecule has 0 radical (unpaired) electrons. The Morgan fingerprint density at radius 2 is 1.69 bits per heavy atom. The molecule has 0 fully saturated rings. The molecule has 162 valence electrons. The minimum atomic E-state index is -0.346. The monoisotopic (exact) mass is 444 g/mol. The van der Waals surface area contributed by atoms with Crippen LogP contribution in [0.3, 0.4) is 0 Å². The van der Waals surface area contributed by atoms with Crippen LogP contribution in [0.5, 0.6) is 0 Å². The lowest BCUT2D eigenvalue weighted by Crippen LogP contribution is -2.33. The number of hydrogen-bond acceptors (Lipinski definition) is 3. The van der Waals surface area contributed by atoms with Crippen molar-refractivity contribution >= 4 is 17.5 Å². The Labute approximate surface area is 193 Å². The Morgan fingerprint density at radius 1 is 1.00 bits per heavy atom. The van der Waals surface area contributed by atoms with E-state index in [-0.39, 0.29) is 11.9 Å². The summed E-state index contributed by atoms with van der Waals surface area (Å²) < 4.78 is 1.68. The van der Waals surface area contributed by atoms with E-state index in [1.165, 1.54) is 5.56 Å². The predicted molar refractivity (Wildman–Crippen MR) is 127 cm³/mol. The summed E-state index contributed by atoms with van der Waals surface area (Å²) in [5.41, 5.74) is 5.04. The van der Waals surface area contributed by atoms with Crippen LogP contribution in [-0.4, -0.2) is 32.6 Å². The predicted octanol–water partition coefficient (Wildman–Crippen LogP) is 5.46.